The molecule has 3 rings (SSSR count). The minimum Gasteiger partial charge on any atom is -0.339 e. The number of rotatable bonds is 2. The van der Waals surface area contributed by atoms with Gasteiger partial charge >= 0.3 is 0 Å². The lowest BCUT2D eigenvalue weighted by Crippen LogP contribution is -2.34. The molecule has 2 aromatic rings. The summed E-state index contributed by atoms with van der Waals surface area (Å²) in [5.74, 6) is 0.875. The van der Waals surface area contributed by atoms with E-state index in [1.165, 1.54) is 12.8 Å². The van der Waals surface area contributed by atoms with Gasteiger partial charge in [0, 0.05) is 12.4 Å². The highest BCUT2D eigenvalue weighted by Crippen LogP contribution is 2.35. The van der Waals surface area contributed by atoms with E-state index in [2.05, 4.69) is 19.9 Å². The second-order valence-corrected chi connectivity index (χ2v) is 5.00. The predicted molar refractivity (Wildman–Crippen MR) is 68.7 cm³/mol. The van der Waals surface area contributed by atoms with Crippen molar-refractivity contribution in [2.75, 3.05) is 0 Å². The van der Waals surface area contributed by atoms with Crippen LogP contribution in [0.15, 0.2) is 18.6 Å². The van der Waals surface area contributed by atoms with Gasteiger partial charge < -0.3 is 10.7 Å². The van der Waals surface area contributed by atoms with Gasteiger partial charge in [0.05, 0.1) is 23.1 Å². The molecule has 1 aliphatic carbocycles. The fourth-order valence-electron chi connectivity index (χ4n) is 2.61. The molecule has 1 fully saturated rings. The Labute approximate surface area is 106 Å². The van der Waals surface area contributed by atoms with Crippen LogP contribution in [0.5, 0.6) is 0 Å². The van der Waals surface area contributed by atoms with Gasteiger partial charge in [-0.2, -0.15) is 0 Å². The number of aromatic nitrogens is 4. The van der Waals surface area contributed by atoms with E-state index in [-0.39, 0.29) is 5.54 Å². The van der Waals surface area contributed by atoms with Crippen molar-refractivity contribution in [1.29, 1.82) is 0 Å². The molecule has 0 aromatic carbocycles. The van der Waals surface area contributed by atoms with Crippen molar-refractivity contribution >= 4 is 0 Å². The number of nitrogens with two attached hydrogens (primary N) is 1. The number of nitrogens with zero attached hydrogens (tertiary/aromatic N) is 3. The summed E-state index contributed by atoms with van der Waals surface area (Å²) in [6.07, 6.45) is 9.54. The first-order valence-electron chi connectivity index (χ1n) is 6.31. The van der Waals surface area contributed by atoms with Crippen molar-refractivity contribution in [3.63, 3.8) is 0 Å². The van der Waals surface area contributed by atoms with Crippen LogP contribution in [0.3, 0.4) is 0 Å². The number of imidazole rings is 1. The van der Waals surface area contributed by atoms with Gasteiger partial charge in [-0.1, -0.05) is 12.8 Å². The third-order valence-electron chi connectivity index (χ3n) is 3.68. The molecule has 0 amide bonds. The van der Waals surface area contributed by atoms with Crippen LogP contribution in [0.4, 0.5) is 0 Å². The number of H-pyrrole nitrogens is 1. The number of aromatic amines is 1. The van der Waals surface area contributed by atoms with E-state index in [0.29, 0.717) is 0 Å². The normalized spacial score (nSPS) is 18.1. The van der Waals surface area contributed by atoms with Crippen molar-refractivity contribution in [1.82, 2.24) is 19.9 Å². The average Bonchev–Trinajstić information content (AvgIpc) is 2.99. The first-order chi connectivity index (χ1) is 8.69. The molecule has 1 aliphatic rings. The molecular formula is C13H17N5. The summed E-state index contributed by atoms with van der Waals surface area (Å²) in [5, 5.41) is 0. The molecular weight excluding hydrogens is 226 g/mol. The van der Waals surface area contributed by atoms with Crippen molar-refractivity contribution in [2.24, 2.45) is 5.73 Å². The number of nitrogens with one attached hydrogen (secondary N) is 1. The Bertz CT molecular complexity index is 554. The van der Waals surface area contributed by atoms with Crippen molar-refractivity contribution in [3.8, 4) is 11.4 Å². The molecule has 0 radical (unpaired) electrons. The zero-order chi connectivity index (χ0) is 12.6. The summed E-state index contributed by atoms with van der Waals surface area (Å²) >= 11 is 0. The maximum Gasteiger partial charge on any atom is 0.126 e. The third-order valence-corrected chi connectivity index (χ3v) is 3.68. The molecule has 18 heavy (non-hydrogen) atoms. The van der Waals surface area contributed by atoms with Crippen molar-refractivity contribution < 1.29 is 0 Å². The zero-order valence-corrected chi connectivity index (χ0v) is 10.5. The predicted octanol–water partition coefficient (Wildman–Crippen LogP) is 1.90. The fourth-order valence-corrected chi connectivity index (χ4v) is 2.61. The van der Waals surface area contributed by atoms with Crippen LogP contribution < -0.4 is 5.73 Å². The number of hydrogen-bond donors (Lipinski definition) is 2. The van der Waals surface area contributed by atoms with Crippen LogP contribution >= 0.6 is 0 Å². The molecule has 1 saturated carbocycles. The van der Waals surface area contributed by atoms with E-state index in [9.17, 15) is 0 Å². The summed E-state index contributed by atoms with van der Waals surface area (Å²) < 4.78 is 0. The highest BCUT2D eigenvalue weighted by molar-refractivity contribution is 5.55. The molecule has 0 unspecified atom stereocenters. The summed E-state index contributed by atoms with van der Waals surface area (Å²) in [5.41, 5.74) is 8.73. The Morgan fingerprint density at radius 1 is 1.17 bits per heavy atom. The van der Waals surface area contributed by atoms with Crippen molar-refractivity contribution in [3.05, 3.63) is 30.1 Å². The SMILES string of the molecule is Cc1nccnc1-c1cnc(C2(N)CCCC2)[nH]1. The lowest BCUT2D eigenvalue weighted by Gasteiger charge is -2.20. The van der Waals surface area contributed by atoms with Crippen LogP contribution in [-0.4, -0.2) is 19.9 Å². The molecule has 0 spiro atoms. The maximum atomic E-state index is 6.38. The fraction of sp³-hybridized carbons (Fsp3) is 0.462. The molecule has 94 valence electrons. The van der Waals surface area contributed by atoms with Crippen LogP contribution in [0.25, 0.3) is 11.4 Å². The highest BCUT2D eigenvalue weighted by Gasteiger charge is 2.34. The van der Waals surface area contributed by atoms with Gasteiger partial charge in [-0.25, -0.2) is 4.98 Å². The second-order valence-electron chi connectivity index (χ2n) is 5.00. The third kappa shape index (κ3) is 1.80. The van der Waals surface area contributed by atoms with E-state index in [1.54, 1.807) is 18.6 Å². The van der Waals surface area contributed by atoms with Crippen LogP contribution in [0.2, 0.25) is 0 Å². The standard InChI is InChI=1S/C13H17N5/c1-9-11(16-7-6-15-9)10-8-17-12(18-10)13(14)4-2-3-5-13/h6-8H,2-5,14H2,1H3,(H,17,18). The lowest BCUT2D eigenvalue weighted by atomic mass is 9.99. The summed E-state index contributed by atoms with van der Waals surface area (Å²) in [4.78, 5) is 16.3. The molecule has 0 aliphatic heterocycles. The van der Waals surface area contributed by atoms with E-state index >= 15 is 0 Å². The number of aryl methyl sites for hydroxylation is 1. The zero-order valence-electron chi connectivity index (χ0n) is 10.5. The molecule has 3 N–H and O–H groups in total. The van der Waals surface area contributed by atoms with E-state index in [4.69, 9.17) is 5.73 Å². The molecule has 0 bridgehead atoms. The van der Waals surface area contributed by atoms with Crippen LogP contribution in [-0.2, 0) is 5.54 Å². The topological polar surface area (TPSA) is 80.5 Å². The Morgan fingerprint density at radius 3 is 2.61 bits per heavy atom. The van der Waals surface area contributed by atoms with Crippen LogP contribution in [0, 0.1) is 6.92 Å². The molecule has 0 atom stereocenters. The molecule has 0 saturated heterocycles. The minimum atomic E-state index is -0.283. The van der Waals surface area contributed by atoms with Gasteiger partial charge in [0.15, 0.2) is 0 Å². The summed E-state index contributed by atoms with van der Waals surface area (Å²) in [6.45, 7) is 1.94. The van der Waals surface area contributed by atoms with Gasteiger partial charge in [0.1, 0.15) is 11.5 Å². The van der Waals surface area contributed by atoms with E-state index in [1.807, 2.05) is 6.92 Å². The van der Waals surface area contributed by atoms with Gasteiger partial charge in [-0.05, 0) is 19.8 Å². The monoisotopic (exact) mass is 243 g/mol. The Balaban J connectivity index is 1.97. The Kier molecular flexibility index (Phi) is 2.63. The van der Waals surface area contributed by atoms with E-state index in [0.717, 1.165) is 35.7 Å². The summed E-state index contributed by atoms with van der Waals surface area (Å²) in [7, 11) is 0. The van der Waals surface area contributed by atoms with Gasteiger partial charge in [0.2, 0.25) is 0 Å². The quantitative estimate of drug-likeness (QED) is 0.844. The van der Waals surface area contributed by atoms with Crippen molar-refractivity contribution in [2.45, 2.75) is 38.1 Å². The Morgan fingerprint density at radius 2 is 1.89 bits per heavy atom. The van der Waals surface area contributed by atoms with Gasteiger partial charge in [-0.3, -0.25) is 9.97 Å². The maximum absolute atomic E-state index is 6.38. The molecule has 2 aromatic heterocycles. The van der Waals surface area contributed by atoms with E-state index < -0.39 is 0 Å². The molecule has 2 heterocycles. The number of hydrogen-bond acceptors (Lipinski definition) is 4. The first kappa shape index (κ1) is 11.3. The average molecular weight is 243 g/mol. The molecule has 5 nitrogen and oxygen atoms in total. The van der Waals surface area contributed by atoms with Gasteiger partial charge in [-0.15, -0.1) is 0 Å². The minimum absolute atomic E-state index is 0.283. The highest BCUT2D eigenvalue weighted by atomic mass is 15.0. The summed E-state index contributed by atoms with van der Waals surface area (Å²) in [6, 6.07) is 0. The smallest absolute Gasteiger partial charge is 0.126 e. The Hall–Kier alpha value is -1.75. The largest absolute Gasteiger partial charge is 0.339 e. The van der Waals surface area contributed by atoms with Gasteiger partial charge in [0.25, 0.3) is 0 Å². The second kappa shape index (κ2) is 4.17. The molecule has 5 heteroatoms. The lowest BCUT2D eigenvalue weighted by molar-refractivity contribution is 0.436. The van der Waals surface area contributed by atoms with Crippen LogP contribution in [0.1, 0.15) is 37.2 Å². The first-order valence-corrected chi connectivity index (χ1v) is 6.31.